The van der Waals surface area contributed by atoms with E-state index in [1.54, 1.807) is 0 Å². The van der Waals surface area contributed by atoms with E-state index in [4.69, 9.17) is 9.15 Å². The largest absolute Gasteiger partial charge is 0.407 e. The van der Waals surface area contributed by atoms with Gasteiger partial charge in [0.05, 0.1) is 6.10 Å². The average Bonchev–Trinajstić information content (AvgIpc) is 2.99. The van der Waals surface area contributed by atoms with E-state index in [1.807, 2.05) is 11.9 Å². The quantitative estimate of drug-likeness (QED) is 0.821. The third-order valence-corrected chi connectivity index (χ3v) is 3.43. The fraction of sp³-hybridized carbons (Fsp3) is 0.857. The number of hydrogen-bond acceptors (Lipinski definition) is 5. The van der Waals surface area contributed by atoms with Crippen LogP contribution >= 0.6 is 0 Å². The van der Waals surface area contributed by atoms with Crippen LogP contribution in [0.1, 0.15) is 52.3 Å². The molecule has 0 aliphatic carbocycles. The summed E-state index contributed by atoms with van der Waals surface area (Å²) in [6.45, 7) is 8.07. The van der Waals surface area contributed by atoms with Crippen LogP contribution in [0.2, 0.25) is 0 Å². The van der Waals surface area contributed by atoms with Crippen molar-refractivity contribution in [3.05, 3.63) is 5.89 Å². The molecule has 0 radical (unpaired) electrons. The lowest BCUT2D eigenvalue weighted by Crippen LogP contribution is -2.20. The smallest absolute Gasteiger partial charge is 0.317 e. The number of anilines is 1. The molecule has 0 saturated carbocycles. The fourth-order valence-corrected chi connectivity index (χ4v) is 2.20. The third-order valence-electron chi connectivity index (χ3n) is 3.43. The van der Waals surface area contributed by atoms with Crippen LogP contribution in [0.4, 0.5) is 6.01 Å². The van der Waals surface area contributed by atoms with Crippen molar-refractivity contribution < 1.29 is 9.15 Å². The fourth-order valence-electron chi connectivity index (χ4n) is 2.20. The molecule has 0 aromatic carbocycles. The molecule has 1 unspecified atom stereocenters. The molecular formula is C14H25N3O2. The Balaban J connectivity index is 1.79. The maximum Gasteiger partial charge on any atom is 0.317 e. The molecule has 1 aromatic heterocycles. The van der Waals surface area contributed by atoms with Gasteiger partial charge in [0, 0.05) is 25.6 Å². The van der Waals surface area contributed by atoms with Crippen LogP contribution in [0.5, 0.6) is 0 Å². The summed E-state index contributed by atoms with van der Waals surface area (Å²) in [7, 11) is 2.00. The lowest BCUT2D eigenvalue weighted by atomic mass is 9.97. The number of hydrogen-bond donors (Lipinski definition) is 0. The molecule has 5 nitrogen and oxygen atoms in total. The van der Waals surface area contributed by atoms with Crippen molar-refractivity contribution in [2.45, 2.75) is 58.0 Å². The van der Waals surface area contributed by atoms with Crippen LogP contribution in [-0.2, 0) is 10.2 Å². The summed E-state index contributed by atoms with van der Waals surface area (Å²) in [6.07, 6.45) is 5.08. The normalized spacial score (nSPS) is 19.9. The SMILES string of the molecule is CN(CCCC1CCCO1)c1nnc(C(C)(C)C)o1. The number of aromatic nitrogens is 2. The molecule has 2 rings (SSSR count). The first-order valence-electron chi connectivity index (χ1n) is 7.13. The van der Waals surface area contributed by atoms with Crippen molar-refractivity contribution in [3.8, 4) is 0 Å². The molecule has 2 heterocycles. The van der Waals surface area contributed by atoms with E-state index in [2.05, 4.69) is 31.0 Å². The molecule has 0 N–H and O–H groups in total. The van der Waals surface area contributed by atoms with E-state index in [0.717, 1.165) is 26.0 Å². The molecule has 0 bridgehead atoms. The number of ether oxygens (including phenoxy) is 1. The van der Waals surface area contributed by atoms with Gasteiger partial charge in [-0.25, -0.2) is 0 Å². The van der Waals surface area contributed by atoms with Crippen molar-refractivity contribution >= 4 is 6.01 Å². The monoisotopic (exact) mass is 267 g/mol. The van der Waals surface area contributed by atoms with Crippen molar-refractivity contribution in [1.29, 1.82) is 0 Å². The Morgan fingerprint density at radius 3 is 2.68 bits per heavy atom. The first-order chi connectivity index (χ1) is 8.97. The van der Waals surface area contributed by atoms with Crippen LogP contribution in [0.15, 0.2) is 4.42 Å². The highest BCUT2D eigenvalue weighted by Gasteiger charge is 2.22. The van der Waals surface area contributed by atoms with Gasteiger partial charge in [-0.1, -0.05) is 25.9 Å². The number of nitrogens with zero attached hydrogens (tertiary/aromatic N) is 3. The Bertz CT molecular complexity index is 392. The van der Waals surface area contributed by atoms with Gasteiger partial charge in [0.15, 0.2) is 0 Å². The Kier molecular flexibility index (Phi) is 4.45. The lowest BCUT2D eigenvalue weighted by Gasteiger charge is -2.16. The standard InChI is InChI=1S/C14H25N3O2/c1-14(2,3)12-15-16-13(19-12)17(4)9-5-7-11-8-6-10-18-11/h11H,5-10H2,1-4H3. The predicted molar refractivity (Wildman–Crippen MR) is 74.5 cm³/mol. The summed E-state index contributed by atoms with van der Waals surface area (Å²) >= 11 is 0. The van der Waals surface area contributed by atoms with E-state index in [0.29, 0.717) is 18.0 Å². The van der Waals surface area contributed by atoms with Gasteiger partial charge in [0.25, 0.3) is 0 Å². The number of rotatable bonds is 5. The van der Waals surface area contributed by atoms with Crippen LogP contribution in [0, 0.1) is 0 Å². The Labute approximate surface area is 115 Å². The summed E-state index contributed by atoms with van der Waals surface area (Å²) in [4.78, 5) is 2.02. The molecule has 0 spiro atoms. The summed E-state index contributed by atoms with van der Waals surface area (Å²) in [5.74, 6) is 0.688. The van der Waals surface area contributed by atoms with Crippen molar-refractivity contribution in [3.63, 3.8) is 0 Å². The highest BCUT2D eigenvalue weighted by molar-refractivity contribution is 5.22. The summed E-state index contributed by atoms with van der Waals surface area (Å²) < 4.78 is 11.3. The highest BCUT2D eigenvalue weighted by atomic mass is 16.5. The van der Waals surface area contributed by atoms with Gasteiger partial charge in [-0.05, 0) is 25.7 Å². The molecule has 1 aliphatic rings. The van der Waals surface area contributed by atoms with Gasteiger partial charge in [-0.3, -0.25) is 0 Å². The van der Waals surface area contributed by atoms with Crippen LogP contribution in [0.3, 0.4) is 0 Å². The average molecular weight is 267 g/mol. The molecule has 108 valence electrons. The molecule has 1 aliphatic heterocycles. The third kappa shape index (κ3) is 3.93. The van der Waals surface area contributed by atoms with Crippen molar-refractivity contribution in [2.24, 2.45) is 0 Å². The Hall–Kier alpha value is -1.10. The zero-order valence-electron chi connectivity index (χ0n) is 12.5. The van der Waals surface area contributed by atoms with Gasteiger partial charge < -0.3 is 14.1 Å². The minimum atomic E-state index is -0.0935. The van der Waals surface area contributed by atoms with E-state index < -0.39 is 0 Å². The van der Waals surface area contributed by atoms with Crippen LogP contribution < -0.4 is 4.90 Å². The Morgan fingerprint density at radius 1 is 1.32 bits per heavy atom. The van der Waals surface area contributed by atoms with Crippen LogP contribution in [0.25, 0.3) is 0 Å². The maximum atomic E-state index is 5.70. The zero-order chi connectivity index (χ0) is 13.9. The summed E-state index contributed by atoms with van der Waals surface area (Å²) in [5, 5.41) is 8.22. The Morgan fingerprint density at radius 2 is 2.11 bits per heavy atom. The second kappa shape index (κ2) is 5.90. The van der Waals surface area contributed by atoms with Crippen LogP contribution in [-0.4, -0.2) is 36.5 Å². The van der Waals surface area contributed by atoms with Gasteiger partial charge in [-0.2, -0.15) is 0 Å². The molecule has 1 atom stereocenters. The highest BCUT2D eigenvalue weighted by Crippen LogP contribution is 2.23. The molecule has 1 aromatic rings. The second-order valence-electron chi connectivity index (χ2n) is 6.34. The van der Waals surface area contributed by atoms with Gasteiger partial charge >= 0.3 is 6.01 Å². The lowest BCUT2D eigenvalue weighted by molar-refractivity contribution is 0.103. The van der Waals surface area contributed by atoms with Gasteiger partial charge in [0.2, 0.25) is 5.89 Å². The van der Waals surface area contributed by atoms with Crippen molar-refractivity contribution in [2.75, 3.05) is 25.1 Å². The minimum Gasteiger partial charge on any atom is -0.407 e. The van der Waals surface area contributed by atoms with Crippen molar-refractivity contribution in [1.82, 2.24) is 10.2 Å². The van der Waals surface area contributed by atoms with E-state index >= 15 is 0 Å². The molecule has 0 amide bonds. The second-order valence-corrected chi connectivity index (χ2v) is 6.34. The first kappa shape index (κ1) is 14.3. The van der Waals surface area contributed by atoms with Gasteiger partial charge in [0.1, 0.15) is 0 Å². The summed E-state index contributed by atoms with van der Waals surface area (Å²) in [6, 6.07) is 0.609. The van der Waals surface area contributed by atoms with E-state index in [-0.39, 0.29) is 5.41 Å². The molecular weight excluding hydrogens is 242 g/mol. The minimum absolute atomic E-state index is 0.0935. The summed E-state index contributed by atoms with van der Waals surface area (Å²) in [5.41, 5.74) is -0.0935. The molecule has 1 saturated heterocycles. The molecule has 5 heteroatoms. The maximum absolute atomic E-state index is 5.70. The first-order valence-corrected chi connectivity index (χ1v) is 7.13. The predicted octanol–water partition coefficient (Wildman–Crippen LogP) is 2.76. The zero-order valence-corrected chi connectivity index (χ0v) is 12.5. The van der Waals surface area contributed by atoms with Gasteiger partial charge in [-0.15, -0.1) is 5.10 Å². The topological polar surface area (TPSA) is 51.4 Å². The van der Waals surface area contributed by atoms with E-state index in [9.17, 15) is 0 Å². The molecule has 19 heavy (non-hydrogen) atoms. The van der Waals surface area contributed by atoms with E-state index in [1.165, 1.54) is 12.8 Å². The molecule has 1 fully saturated rings.